The topological polar surface area (TPSA) is 77.0 Å². The van der Waals surface area contributed by atoms with Gasteiger partial charge in [0.05, 0.1) is 33.6 Å². The van der Waals surface area contributed by atoms with E-state index >= 15 is 0 Å². The molecule has 1 aromatic carbocycles. The summed E-state index contributed by atoms with van der Waals surface area (Å²) in [5.41, 5.74) is 2.11. The molecule has 0 aliphatic rings. The first-order valence-electron chi connectivity index (χ1n) is 9.77. The minimum Gasteiger partial charge on any atom is -0.496 e. The van der Waals surface area contributed by atoms with E-state index in [4.69, 9.17) is 14.2 Å². The highest BCUT2D eigenvalue weighted by molar-refractivity contribution is 7.09. The number of methoxy groups -OCH3 is 3. The molecule has 8 heteroatoms. The number of ether oxygens (including phenoxy) is 3. The molecular weight excluding hydrogens is 388 g/mol. The lowest BCUT2D eigenvalue weighted by atomic mass is 10.1. The third-order valence-electron chi connectivity index (χ3n) is 4.36. The zero-order valence-corrected chi connectivity index (χ0v) is 19.0. The van der Waals surface area contributed by atoms with Gasteiger partial charge in [0.25, 0.3) is 0 Å². The molecule has 0 radical (unpaired) electrons. The minimum atomic E-state index is 0.435. The fourth-order valence-corrected chi connectivity index (χ4v) is 3.66. The van der Waals surface area contributed by atoms with Gasteiger partial charge in [0.2, 0.25) is 0 Å². The number of nitrogens with zero attached hydrogens (tertiary/aromatic N) is 2. The highest BCUT2D eigenvalue weighted by Gasteiger charge is 2.13. The second-order valence-electron chi connectivity index (χ2n) is 6.70. The summed E-state index contributed by atoms with van der Waals surface area (Å²) in [5, 5.41) is 9.78. The number of rotatable bonds is 10. The van der Waals surface area contributed by atoms with Crippen LogP contribution < -0.4 is 24.8 Å². The van der Waals surface area contributed by atoms with E-state index in [2.05, 4.69) is 39.8 Å². The standard InChI is InChI=1S/C21H32N4O3S/c1-7-22-21(24-12-20-25-17(13-29-20)14(2)3)23-9-8-16-18(27-5)10-15(26-4)11-19(16)28-6/h10-11,13-14H,7-9,12H2,1-6H3,(H2,22,23,24). The van der Waals surface area contributed by atoms with Crippen molar-refractivity contribution in [3.63, 3.8) is 0 Å². The summed E-state index contributed by atoms with van der Waals surface area (Å²) in [4.78, 5) is 9.30. The van der Waals surface area contributed by atoms with Gasteiger partial charge in [-0.05, 0) is 19.3 Å². The van der Waals surface area contributed by atoms with Gasteiger partial charge in [0, 0.05) is 36.2 Å². The van der Waals surface area contributed by atoms with E-state index in [1.54, 1.807) is 32.7 Å². The maximum Gasteiger partial charge on any atom is 0.191 e. The van der Waals surface area contributed by atoms with Gasteiger partial charge in [-0.1, -0.05) is 13.8 Å². The smallest absolute Gasteiger partial charge is 0.191 e. The van der Waals surface area contributed by atoms with Crippen molar-refractivity contribution in [2.45, 2.75) is 39.7 Å². The maximum absolute atomic E-state index is 5.52. The Bertz CT molecular complexity index is 780. The van der Waals surface area contributed by atoms with Crippen molar-refractivity contribution in [2.24, 2.45) is 4.99 Å². The largest absolute Gasteiger partial charge is 0.496 e. The predicted octanol–water partition coefficient (Wildman–Crippen LogP) is 3.59. The quantitative estimate of drug-likeness (QED) is 0.452. The zero-order valence-electron chi connectivity index (χ0n) is 18.2. The first kappa shape index (κ1) is 22.8. The SMILES string of the molecule is CCNC(=NCc1nc(C(C)C)cs1)NCCc1c(OC)cc(OC)cc1OC. The van der Waals surface area contributed by atoms with Gasteiger partial charge >= 0.3 is 0 Å². The van der Waals surface area contributed by atoms with Crippen molar-refractivity contribution < 1.29 is 14.2 Å². The van der Waals surface area contributed by atoms with Gasteiger partial charge in [-0.25, -0.2) is 9.98 Å². The van der Waals surface area contributed by atoms with E-state index in [1.807, 2.05) is 19.1 Å². The van der Waals surface area contributed by atoms with Crippen LogP contribution in [0.5, 0.6) is 17.2 Å². The lowest BCUT2D eigenvalue weighted by Crippen LogP contribution is -2.38. The van der Waals surface area contributed by atoms with E-state index in [1.165, 1.54) is 0 Å². The Labute approximate surface area is 177 Å². The molecule has 2 N–H and O–H groups in total. The number of thiazole rings is 1. The highest BCUT2D eigenvalue weighted by Crippen LogP contribution is 2.34. The third kappa shape index (κ3) is 6.52. The van der Waals surface area contributed by atoms with Crippen molar-refractivity contribution in [1.82, 2.24) is 15.6 Å². The first-order valence-corrected chi connectivity index (χ1v) is 10.7. The first-order chi connectivity index (χ1) is 14.0. The third-order valence-corrected chi connectivity index (χ3v) is 5.21. The molecule has 0 unspecified atom stereocenters. The molecule has 1 heterocycles. The zero-order chi connectivity index (χ0) is 21.2. The Morgan fingerprint density at radius 1 is 1.10 bits per heavy atom. The number of aromatic nitrogens is 1. The van der Waals surface area contributed by atoms with Crippen LogP contribution in [0.1, 0.15) is 43.0 Å². The second kappa shape index (κ2) is 11.5. The Kier molecular flexibility index (Phi) is 9.05. The summed E-state index contributed by atoms with van der Waals surface area (Å²) >= 11 is 1.65. The van der Waals surface area contributed by atoms with Crippen molar-refractivity contribution in [2.75, 3.05) is 34.4 Å². The van der Waals surface area contributed by atoms with Gasteiger partial charge in [-0.3, -0.25) is 0 Å². The molecule has 0 spiro atoms. The van der Waals surface area contributed by atoms with Crippen molar-refractivity contribution in [1.29, 1.82) is 0 Å². The van der Waals surface area contributed by atoms with Gasteiger partial charge < -0.3 is 24.8 Å². The molecule has 2 aromatic rings. The molecule has 7 nitrogen and oxygen atoms in total. The molecule has 0 amide bonds. The van der Waals surface area contributed by atoms with E-state index in [9.17, 15) is 0 Å². The van der Waals surface area contributed by atoms with E-state index < -0.39 is 0 Å². The lowest BCUT2D eigenvalue weighted by Gasteiger charge is -2.16. The molecule has 0 aliphatic heterocycles. The monoisotopic (exact) mass is 420 g/mol. The van der Waals surface area contributed by atoms with Crippen LogP contribution in [0.25, 0.3) is 0 Å². The molecule has 0 fully saturated rings. The average molecular weight is 421 g/mol. The summed E-state index contributed by atoms with van der Waals surface area (Å²) in [6.07, 6.45) is 0.718. The maximum atomic E-state index is 5.52. The minimum absolute atomic E-state index is 0.435. The van der Waals surface area contributed by atoms with Gasteiger partial charge in [0.1, 0.15) is 22.3 Å². The van der Waals surface area contributed by atoms with Crippen LogP contribution in [0.3, 0.4) is 0 Å². The Hall–Kier alpha value is -2.48. The van der Waals surface area contributed by atoms with Crippen LogP contribution in [0, 0.1) is 0 Å². The fourth-order valence-electron chi connectivity index (χ4n) is 2.78. The number of guanidine groups is 1. The van der Waals surface area contributed by atoms with Gasteiger partial charge in [-0.2, -0.15) is 0 Å². The van der Waals surface area contributed by atoms with E-state index in [0.29, 0.717) is 24.8 Å². The molecule has 0 aliphatic carbocycles. The van der Waals surface area contributed by atoms with Crippen LogP contribution in [0.15, 0.2) is 22.5 Å². The normalized spacial score (nSPS) is 11.5. The van der Waals surface area contributed by atoms with Crippen LogP contribution in [0.2, 0.25) is 0 Å². The molecule has 1 aromatic heterocycles. The van der Waals surface area contributed by atoms with Gasteiger partial charge in [-0.15, -0.1) is 11.3 Å². The highest BCUT2D eigenvalue weighted by atomic mass is 32.1. The molecular formula is C21H32N4O3S. The molecule has 0 saturated heterocycles. The summed E-state index contributed by atoms with van der Waals surface area (Å²) in [7, 11) is 4.92. The molecule has 160 valence electrons. The average Bonchev–Trinajstić information content (AvgIpc) is 3.21. The number of hydrogen-bond donors (Lipinski definition) is 2. The Morgan fingerprint density at radius 3 is 2.31 bits per heavy atom. The summed E-state index contributed by atoms with van der Waals surface area (Å²) < 4.78 is 16.4. The number of nitrogens with one attached hydrogen (secondary N) is 2. The summed E-state index contributed by atoms with van der Waals surface area (Å²) in [6.45, 7) is 8.37. The molecule has 0 bridgehead atoms. The van der Waals surface area contributed by atoms with Gasteiger partial charge in [0.15, 0.2) is 5.96 Å². The Morgan fingerprint density at radius 2 is 1.79 bits per heavy atom. The molecule has 2 rings (SSSR count). The predicted molar refractivity (Wildman–Crippen MR) is 119 cm³/mol. The summed E-state index contributed by atoms with van der Waals surface area (Å²) in [6, 6.07) is 3.73. The molecule has 29 heavy (non-hydrogen) atoms. The number of aliphatic imine (C=N–C) groups is 1. The van der Waals surface area contributed by atoms with Crippen LogP contribution >= 0.6 is 11.3 Å². The molecule has 0 saturated carbocycles. The van der Waals surface area contributed by atoms with Crippen molar-refractivity contribution in [3.8, 4) is 17.2 Å². The lowest BCUT2D eigenvalue weighted by molar-refractivity contribution is 0.368. The number of hydrogen-bond acceptors (Lipinski definition) is 6. The van der Waals surface area contributed by atoms with E-state index in [0.717, 1.165) is 46.7 Å². The molecule has 0 atom stereocenters. The Balaban J connectivity index is 2.03. The van der Waals surface area contributed by atoms with Crippen molar-refractivity contribution >= 4 is 17.3 Å². The van der Waals surface area contributed by atoms with Crippen LogP contribution in [-0.4, -0.2) is 45.4 Å². The van der Waals surface area contributed by atoms with Crippen molar-refractivity contribution in [3.05, 3.63) is 33.8 Å². The number of benzene rings is 1. The fraction of sp³-hybridized carbons (Fsp3) is 0.524. The second-order valence-corrected chi connectivity index (χ2v) is 7.65. The van der Waals surface area contributed by atoms with Crippen LogP contribution in [-0.2, 0) is 13.0 Å². The van der Waals surface area contributed by atoms with Crippen LogP contribution in [0.4, 0.5) is 0 Å². The van der Waals surface area contributed by atoms with E-state index in [-0.39, 0.29) is 0 Å². The summed E-state index contributed by atoms with van der Waals surface area (Å²) in [5.74, 6) is 3.39.